The number of hydrogen-bond acceptors (Lipinski definition) is 1. The molecule has 6 heteroatoms. The second kappa shape index (κ2) is 2.90. The fourth-order valence-electron chi connectivity index (χ4n) is 1.04. The minimum atomic E-state index is -4.50. The van der Waals surface area contributed by atoms with E-state index < -0.39 is 23.0 Å². The molecule has 0 fully saturated rings. The van der Waals surface area contributed by atoms with Crippen molar-refractivity contribution in [2.24, 2.45) is 0 Å². The summed E-state index contributed by atoms with van der Waals surface area (Å²) < 4.78 is 37.5. The topological polar surface area (TPSA) is 37.8 Å². The lowest BCUT2D eigenvalue weighted by Gasteiger charge is -2.19. The quantitative estimate of drug-likeness (QED) is 0.695. The van der Waals surface area contributed by atoms with Crippen molar-refractivity contribution in [3.05, 3.63) is 22.1 Å². The highest BCUT2D eigenvalue weighted by Crippen LogP contribution is 2.27. The molecule has 80 valence electrons. The van der Waals surface area contributed by atoms with E-state index in [4.69, 9.17) is 0 Å². The third-order valence-corrected chi connectivity index (χ3v) is 1.70. The van der Waals surface area contributed by atoms with Crippen LogP contribution in [0.2, 0.25) is 0 Å². The van der Waals surface area contributed by atoms with E-state index in [0.717, 1.165) is 4.68 Å². The maximum Gasteiger partial charge on any atom is 0.432 e. The maximum absolute atomic E-state index is 12.2. The smallest absolute Gasteiger partial charge is 0.291 e. The van der Waals surface area contributed by atoms with E-state index in [-0.39, 0.29) is 0 Å². The summed E-state index contributed by atoms with van der Waals surface area (Å²) in [5, 5.41) is 2.04. The van der Waals surface area contributed by atoms with Crippen molar-refractivity contribution in [1.82, 2.24) is 9.78 Å². The summed E-state index contributed by atoms with van der Waals surface area (Å²) in [5.41, 5.74) is -2.37. The van der Waals surface area contributed by atoms with Crippen LogP contribution in [0.25, 0.3) is 0 Å². The molecule has 0 unspecified atom stereocenters. The Hall–Kier alpha value is -1.20. The third-order valence-electron chi connectivity index (χ3n) is 1.70. The predicted octanol–water partition coefficient (Wildman–Crippen LogP) is 1.95. The molecule has 0 spiro atoms. The van der Waals surface area contributed by atoms with E-state index in [1.165, 1.54) is 0 Å². The van der Waals surface area contributed by atoms with Crippen LogP contribution >= 0.6 is 0 Å². The van der Waals surface area contributed by atoms with Gasteiger partial charge in [0.2, 0.25) is 0 Å². The highest BCUT2D eigenvalue weighted by atomic mass is 19.4. The van der Waals surface area contributed by atoms with Crippen LogP contribution in [-0.4, -0.2) is 9.78 Å². The Bertz CT molecular complexity index is 381. The van der Waals surface area contributed by atoms with Crippen LogP contribution in [0.15, 0.2) is 10.9 Å². The van der Waals surface area contributed by atoms with Gasteiger partial charge in [0.15, 0.2) is 0 Å². The summed E-state index contributed by atoms with van der Waals surface area (Å²) in [5.74, 6) is 0. The number of aromatic amines is 1. The molecule has 1 aromatic rings. The van der Waals surface area contributed by atoms with E-state index in [2.05, 4.69) is 0 Å². The van der Waals surface area contributed by atoms with E-state index in [1.807, 2.05) is 5.10 Å². The van der Waals surface area contributed by atoms with Crippen LogP contribution in [0.4, 0.5) is 13.2 Å². The number of rotatable bonds is 0. The monoisotopic (exact) mass is 208 g/mol. The number of nitrogens with one attached hydrogen (secondary N) is 1. The molecule has 0 bridgehead atoms. The Morgan fingerprint density at radius 2 is 1.79 bits per heavy atom. The molecule has 0 aromatic carbocycles. The van der Waals surface area contributed by atoms with E-state index >= 15 is 0 Å². The highest BCUT2D eigenvalue weighted by molar-refractivity contribution is 5.05. The molecule has 0 aliphatic carbocycles. The molecule has 0 aliphatic heterocycles. The molecule has 1 rings (SSSR count). The lowest BCUT2D eigenvalue weighted by molar-refractivity contribution is -0.141. The normalized spacial score (nSPS) is 13.3. The number of H-pyrrole nitrogens is 1. The Morgan fingerprint density at radius 3 is 2.00 bits per heavy atom. The minimum Gasteiger partial charge on any atom is -0.291 e. The molecule has 0 atom stereocenters. The van der Waals surface area contributed by atoms with Crippen LogP contribution in [0.5, 0.6) is 0 Å². The van der Waals surface area contributed by atoms with Crippen LogP contribution < -0.4 is 5.56 Å². The predicted molar refractivity (Wildman–Crippen MR) is 45.1 cm³/mol. The Morgan fingerprint density at radius 1 is 1.29 bits per heavy atom. The van der Waals surface area contributed by atoms with E-state index in [0.29, 0.717) is 6.07 Å². The van der Waals surface area contributed by atoms with Crippen molar-refractivity contribution in [2.45, 2.75) is 32.5 Å². The summed E-state index contributed by atoms with van der Waals surface area (Å²) in [6.07, 6.45) is -4.50. The van der Waals surface area contributed by atoms with Crippen molar-refractivity contribution in [2.75, 3.05) is 0 Å². The second-order valence-electron chi connectivity index (χ2n) is 4.01. The fourth-order valence-corrected chi connectivity index (χ4v) is 1.04. The molecule has 0 radical (unpaired) electrons. The average molecular weight is 208 g/mol. The van der Waals surface area contributed by atoms with Gasteiger partial charge >= 0.3 is 6.18 Å². The number of halogens is 3. The minimum absolute atomic E-state index is 0.561. The SMILES string of the molecule is CC(C)(C)n1[nH]c(C(F)(F)F)cc1=O. The van der Waals surface area contributed by atoms with Gasteiger partial charge in [-0.25, -0.2) is 4.68 Å². The van der Waals surface area contributed by atoms with Crippen molar-refractivity contribution in [3.63, 3.8) is 0 Å². The number of aromatic nitrogens is 2. The summed E-state index contributed by atoms with van der Waals surface area (Å²) in [7, 11) is 0. The summed E-state index contributed by atoms with van der Waals surface area (Å²) in [6.45, 7) is 4.93. The van der Waals surface area contributed by atoms with Gasteiger partial charge in [-0.2, -0.15) is 13.2 Å². The fraction of sp³-hybridized carbons (Fsp3) is 0.625. The van der Waals surface area contributed by atoms with Crippen molar-refractivity contribution < 1.29 is 13.2 Å². The summed E-state index contributed by atoms with van der Waals surface area (Å²) in [6, 6.07) is 0.561. The first-order chi connectivity index (χ1) is 6.12. The van der Waals surface area contributed by atoms with Crippen LogP contribution in [0.3, 0.4) is 0 Å². The average Bonchev–Trinajstić information content (AvgIpc) is 2.27. The van der Waals surface area contributed by atoms with Crippen LogP contribution in [-0.2, 0) is 11.7 Å². The molecule has 14 heavy (non-hydrogen) atoms. The van der Waals surface area contributed by atoms with E-state index in [9.17, 15) is 18.0 Å². The standard InChI is InChI=1S/C8H11F3N2O/c1-7(2,3)13-6(14)4-5(12-13)8(9,10)11/h4,12H,1-3H3. The van der Waals surface area contributed by atoms with E-state index in [1.54, 1.807) is 20.8 Å². The molecular formula is C8H11F3N2O. The second-order valence-corrected chi connectivity index (χ2v) is 4.01. The molecule has 0 amide bonds. The number of hydrogen-bond donors (Lipinski definition) is 1. The van der Waals surface area contributed by atoms with Gasteiger partial charge in [-0.15, -0.1) is 0 Å². The van der Waals surface area contributed by atoms with Crippen LogP contribution in [0, 0.1) is 0 Å². The highest BCUT2D eigenvalue weighted by Gasteiger charge is 2.34. The van der Waals surface area contributed by atoms with Crippen molar-refractivity contribution >= 4 is 0 Å². The zero-order chi connectivity index (χ0) is 11.1. The van der Waals surface area contributed by atoms with Crippen molar-refractivity contribution in [3.8, 4) is 0 Å². The molecule has 0 aliphatic rings. The van der Waals surface area contributed by atoms with Gasteiger partial charge in [-0.1, -0.05) is 0 Å². The molecule has 1 N–H and O–H groups in total. The van der Waals surface area contributed by atoms with Gasteiger partial charge in [0, 0.05) is 6.07 Å². The van der Waals surface area contributed by atoms with Gasteiger partial charge in [-0.05, 0) is 20.8 Å². The molecular weight excluding hydrogens is 197 g/mol. The Labute approximate surface area is 78.5 Å². The first kappa shape index (κ1) is 10.9. The number of alkyl halides is 3. The van der Waals surface area contributed by atoms with Crippen molar-refractivity contribution in [1.29, 1.82) is 0 Å². The van der Waals surface area contributed by atoms with Gasteiger partial charge in [0.1, 0.15) is 5.69 Å². The largest absolute Gasteiger partial charge is 0.432 e. The first-order valence-electron chi connectivity index (χ1n) is 4.02. The summed E-state index contributed by atoms with van der Waals surface area (Å²) >= 11 is 0. The zero-order valence-corrected chi connectivity index (χ0v) is 8.07. The molecule has 1 heterocycles. The van der Waals surface area contributed by atoms with Crippen LogP contribution in [0.1, 0.15) is 26.5 Å². The first-order valence-corrected chi connectivity index (χ1v) is 4.02. The molecule has 0 saturated carbocycles. The maximum atomic E-state index is 12.2. The third kappa shape index (κ3) is 2.00. The van der Waals surface area contributed by atoms with Gasteiger partial charge in [0.05, 0.1) is 5.54 Å². The summed E-state index contributed by atoms with van der Waals surface area (Å²) in [4.78, 5) is 11.2. The number of nitrogens with zero attached hydrogens (tertiary/aromatic N) is 1. The van der Waals surface area contributed by atoms with Gasteiger partial charge in [-0.3, -0.25) is 9.89 Å². The lowest BCUT2D eigenvalue weighted by atomic mass is 10.1. The Kier molecular flexibility index (Phi) is 2.25. The molecule has 3 nitrogen and oxygen atoms in total. The lowest BCUT2D eigenvalue weighted by Crippen LogP contribution is -2.32. The zero-order valence-electron chi connectivity index (χ0n) is 8.07. The molecule has 1 aromatic heterocycles. The van der Waals surface area contributed by atoms with Gasteiger partial charge in [0.25, 0.3) is 5.56 Å². The van der Waals surface area contributed by atoms with Gasteiger partial charge < -0.3 is 0 Å². The molecule has 0 saturated heterocycles. The Balaban J connectivity index is 3.26.